The summed E-state index contributed by atoms with van der Waals surface area (Å²) in [5, 5.41) is 5.67. The zero-order valence-corrected chi connectivity index (χ0v) is 15.7. The molecule has 1 heterocycles. The average molecular weight is 358 g/mol. The Labute approximate surface area is 155 Å². The average Bonchev–Trinajstić information content (AvgIpc) is 2.92. The first-order chi connectivity index (χ1) is 12.6. The van der Waals surface area contributed by atoms with Crippen molar-refractivity contribution < 1.29 is 9.59 Å². The summed E-state index contributed by atoms with van der Waals surface area (Å²) in [6.07, 6.45) is 8.07. The molecule has 3 amide bonds. The van der Waals surface area contributed by atoms with Gasteiger partial charge in [0.05, 0.1) is 0 Å². The van der Waals surface area contributed by atoms with Crippen LogP contribution in [0.1, 0.15) is 45.4 Å². The number of benzene rings is 1. The van der Waals surface area contributed by atoms with Crippen LogP contribution in [-0.2, 0) is 4.79 Å². The van der Waals surface area contributed by atoms with Gasteiger partial charge in [-0.05, 0) is 37.1 Å². The molecule has 2 aliphatic rings. The number of urea groups is 1. The van der Waals surface area contributed by atoms with Crippen LogP contribution in [0.2, 0.25) is 0 Å². The van der Waals surface area contributed by atoms with E-state index in [9.17, 15) is 9.59 Å². The number of hydrogen-bond donors (Lipinski definition) is 2. The number of hydrogen-bond acceptors (Lipinski definition) is 3. The second-order valence-corrected chi connectivity index (χ2v) is 7.36. The predicted molar refractivity (Wildman–Crippen MR) is 104 cm³/mol. The van der Waals surface area contributed by atoms with Gasteiger partial charge in [-0.2, -0.15) is 0 Å². The number of amides is 3. The maximum Gasteiger partial charge on any atom is 0.321 e. The molecule has 1 aliphatic carbocycles. The van der Waals surface area contributed by atoms with Crippen molar-refractivity contribution in [1.82, 2.24) is 9.80 Å². The van der Waals surface area contributed by atoms with Crippen molar-refractivity contribution in [1.29, 1.82) is 0 Å². The first-order valence-electron chi connectivity index (χ1n) is 9.79. The molecule has 0 bridgehead atoms. The van der Waals surface area contributed by atoms with Gasteiger partial charge in [-0.25, -0.2) is 4.79 Å². The number of rotatable bonds is 3. The highest BCUT2D eigenvalue weighted by atomic mass is 16.2. The van der Waals surface area contributed by atoms with Crippen molar-refractivity contribution in [2.45, 2.75) is 51.5 Å². The first-order valence-corrected chi connectivity index (χ1v) is 9.79. The van der Waals surface area contributed by atoms with E-state index in [1.54, 1.807) is 12.1 Å². The van der Waals surface area contributed by atoms with E-state index in [1.807, 2.05) is 17.0 Å². The van der Waals surface area contributed by atoms with Gasteiger partial charge in [0, 0.05) is 50.5 Å². The van der Waals surface area contributed by atoms with Gasteiger partial charge in [0.25, 0.3) is 0 Å². The molecule has 6 heteroatoms. The van der Waals surface area contributed by atoms with E-state index in [0.717, 1.165) is 37.6 Å². The number of nitrogens with zero attached hydrogens (tertiary/aromatic N) is 2. The summed E-state index contributed by atoms with van der Waals surface area (Å²) in [7, 11) is 0. The lowest BCUT2D eigenvalue weighted by molar-refractivity contribution is -0.114. The van der Waals surface area contributed by atoms with Gasteiger partial charge in [-0.3, -0.25) is 9.69 Å². The van der Waals surface area contributed by atoms with Crippen LogP contribution in [0.5, 0.6) is 0 Å². The van der Waals surface area contributed by atoms with Crippen LogP contribution < -0.4 is 10.6 Å². The lowest BCUT2D eigenvalue weighted by Gasteiger charge is -2.39. The lowest BCUT2D eigenvalue weighted by atomic mass is 10.1. The third-order valence-electron chi connectivity index (χ3n) is 5.40. The van der Waals surface area contributed by atoms with Gasteiger partial charge in [0.1, 0.15) is 0 Å². The largest absolute Gasteiger partial charge is 0.326 e. The molecule has 142 valence electrons. The molecule has 26 heavy (non-hydrogen) atoms. The minimum Gasteiger partial charge on any atom is -0.326 e. The molecule has 0 aromatic heterocycles. The molecular formula is C20H30N4O2. The highest BCUT2D eigenvalue weighted by molar-refractivity contribution is 5.91. The van der Waals surface area contributed by atoms with Gasteiger partial charge in [-0.15, -0.1) is 0 Å². The quantitative estimate of drug-likeness (QED) is 0.813. The maximum absolute atomic E-state index is 12.5. The Kier molecular flexibility index (Phi) is 6.50. The summed E-state index contributed by atoms with van der Waals surface area (Å²) in [6.45, 7) is 4.99. The van der Waals surface area contributed by atoms with E-state index in [1.165, 1.54) is 45.4 Å². The molecular weight excluding hydrogens is 328 g/mol. The number of nitrogens with one attached hydrogen (secondary N) is 2. The molecule has 2 fully saturated rings. The fraction of sp³-hybridized carbons (Fsp3) is 0.600. The molecule has 1 saturated heterocycles. The molecule has 0 unspecified atom stereocenters. The summed E-state index contributed by atoms with van der Waals surface area (Å²) >= 11 is 0. The number of piperazine rings is 1. The van der Waals surface area contributed by atoms with Crippen LogP contribution in [0.25, 0.3) is 0 Å². The van der Waals surface area contributed by atoms with E-state index in [-0.39, 0.29) is 11.9 Å². The second kappa shape index (κ2) is 9.03. The molecule has 1 aromatic carbocycles. The van der Waals surface area contributed by atoms with E-state index < -0.39 is 0 Å². The van der Waals surface area contributed by atoms with Gasteiger partial charge in [0.2, 0.25) is 5.91 Å². The van der Waals surface area contributed by atoms with E-state index in [0.29, 0.717) is 6.04 Å². The van der Waals surface area contributed by atoms with E-state index in [2.05, 4.69) is 15.5 Å². The second-order valence-electron chi connectivity index (χ2n) is 7.36. The van der Waals surface area contributed by atoms with Crippen molar-refractivity contribution in [3.8, 4) is 0 Å². The molecule has 1 saturated carbocycles. The number of carbonyl (C=O) groups excluding carboxylic acids is 2. The van der Waals surface area contributed by atoms with Crippen LogP contribution in [-0.4, -0.2) is 54.0 Å². The third-order valence-corrected chi connectivity index (χ3v) is 5.40. The van der Waals surface area contributed by atoms with Crippen molar-refractivity contribution in [3.05, 3.63) is 24.3 Å². The molecule has 1 aromatic rings. The topological polar surface area (TPSA) is 64.7 Å². The molecule has 1 aliphatic heterocycles. The van der Waals surface area contributed by atoms with Gasteiger partial charge in [-0.1, -0.05) is 25.7 Å². The standard InChI is InChI=1S/C20H30N4O2/c1-16(25)21-17-8-10-18(11-9-17)22-20(26)24-14-12-23(13-15-24)19-6-4-2-3-5-7-19/h8-11,19H,2-7,12-15H2,1H3,(H,21,25)(H,22,26). The Morgan fingerprint density at radius 2 is 1.38 bits per heavy atom. The minimum atomic E-state index is -0.103. The van der Waals surface area contributed by atoms with Gasteiger partial charge >= 0.3 is 6.03 Å². The summed E-state index contributed by atoms with van der Waals surface area (Å²) < 4.78 is 0. The first kappa shape index (κ1) is 18.7. The summed E-state index contributed by atoms with van der Waals surface area (Å²) in [4.78, 5) is 28.0. The normalized spacial score (nSPS) is 19.7. The Morgan fingerprint density at radius 3 is 1.92 bits per heavy atom. The van der Waals surface area contributed by atoms with Gasteiger partial charge in [0.15, 0.2) is 0 Å². The van der Waals surface area contributed by atoms with Crippen LogP contribution >= 0.6 is 0 Å². The lowest BCUT2D eigenvalue weighted by Crippen LogP contribution is -2.52. The molecule has 0 radical (unpaired) electrons. The highest BCUT2D eigenvalue weighted by Crippen LogP contribution is 2.23. The monoisotopic (exact) mass is 358 g/mol. The fourth-order valence-corrected chi connectivity index (χ4v) is 3.96. The Balaban J connectivity index is 1.46. The zero-order chi connectivity index (χ0) is 18.4. The molecule has 3 rings (SSSR count). The van der Waals surface area contributed by atoms with Crippen molar-refractivity contribution >= 4 is 23.3 Å². The number of carbonyl (C=O) groups is 2. The predicted octanol–water partition coefficient (Wildman–Crippen LogP) is 3.52. The maximum atomic E-state index is 12.5. The Hall–Kier alpha value is -2.08. The highest BCUT2D eigenvalue weighted by Gasteiger charge is 2.26. The molecule has 0 atom stereocenters. The zero-order valence-electron chi connectivity index (χ0n) is 15.7. The van der Waals surface area contributed by atoms with Crippen molar-refractivity contribution in [3.63, 3.8) is 0 Å². The summed E-state index contributed by atoms with van der Waals surface area (Å²) in [6, 6.07) is 7.87. The Morgan fingerprint density at radius 1 is 0.846 bits per heavy atom. The van der Waals surface area contributed by atoms with Crippen LogP contribution in [0.3, 0.4) is 0 Å². The minimum absolute atomic E-state index is 0.0437. The molecule has 2 N–H and O–H groups in total. The van der Waals surface area contributed by atoms with Crippen LogP contribution in [0, 0.1) is 0 Å². The SMILES string of the molecule is CC(=O)Nc1ccc(NC(=O)N2CCN(C3CCCCCC3)CC2)cc1. The van der Waals surface area contributed by atoms with E-state index in [4.69, 9.17) is 0 Å². The van der Waals surface area contributed by atoms with Crippen LogP contribution in [0.15, 0.2) is 24.3 Å². The fourth-order valence-electron chi connectivity index (χ4n) is 3.96. The summed E-state index contributed by atoms with van der Waals surface area (Å²) in [5.41, 5.74) is 1.47. The molecule has 6 nitrogen and oxygen atoms in total. The van der Waals surface area contributed by atoms with Crippen LogP contribution in [0.4, 0.5) is 16.2 Å². The molecule has 0 spiro atoms. The Bertz CT molecular complexity index is 601. The number of anilines is 2. The van der Waals surface area contributed by atoms with Crippen molar-refractivity contribution in [2.75, 3.05) is 36.8 Å². The smallest absolute Gasteiger partial charge is 0.321 e. The van der Waals surface area contributed by atoms with Crippen molar-refractivity contribution in [2.24, 2.45) is 0 Å². The summed E-state index contributed by atoms with van der Waals surface area (Å²) in [5.74, 6) is -0.103. The third kappa shape index (κ3) is 5.21. The van der Waals surface area contributed by atoms with E-state index >= 15 is 0 Å². The van der Waals surface area contributed by atoms with Gasteiger partial charge < -0.3 is 15.5 Å².